The van der Waals surface area contributed by atoms with E-state index in [0.29, 0.717) is 19.4 Å². The van der Waals surface area contributed by atoms with Gasteiger partial charge in [-0.2, -0.15) is 5.26 Å². The van der Waals surface area contributed by atoms with Gasteiger partial charge in [-0.3, -0.25) is 4.79 Å². The van der Waals surface area contributed by atoms with Crippen molar-refractivity contribution in [3.8, 4) is 6.07 Å². The maximum absolute atomic E-state index is 12.9. The van der Waals surface area contributed by atoms with Crippen LogP contribution < -0.4 is 4.90 Å². The van der Waals surface area contributed by atoms with Crippen molar-refractivity contribution in [3.63, 3.8) is 0 Å². The molecule has 2 rings (SSSR count). The molecule has 0 fully saturated rings. The molecule has 0 unspecified atom stereocenters. The lowest BCUT2D eigenvalue weighted by atomic mass is 9.79. The molecule has 1 aliphatic rings. The number of hydrogen-bond acceptors (Lipinski definition) is 2. The molecule has 1 aromatic carbocycles. The lowest BCUT2D eigenvalue weighted by Gasteiger charge is -2.30. The zero-order valence-corrected chi connectivity index (χ0v) is 12.4. The predicted octanol–water partition coefficient (Wildman–Crippen LogP) is 3.69. The Balaban J connectivity index is 2.32. The molecule has 0 N–H and O–H groups in total. The zero-order valence-electron chi connectivity index (χ0n) is 12.4. The third kappa shape index (κ3) is 2.43. The minimum atomic E-state index is -0.846. The van der Waals surface area contributed by atoms with Crippen LogP contribution in [0.25, 0.3) is 0 Å². The average Bonchev–Trinajstić information content (AvgIpc) is 2.90. The summed E-state index contributed by atoms with van der Waals surface area (Å²) in [7, 11) is 0. The van der Waals surface area contributed by atoms with Crippen LogP contribution in [0.4, 0.5) is 5.69 Å². The Bertz CT molecular complexity index is 524. The Morgan fingerprint density at radius 3 is 2.55 bits per heavy atom. The monoisotopic (exact) mass is 270 g/mol. The number of carbonyl (C=O) groups excluding carboxylic acids is 1. The third-order valence-electron chi connectivity index (χ3n) is 4.11. The fraction of sp³-hybridized carbons (Fsp3) is 0.529. The first-order chi connectivity index (χ1) is 9.68. The number of nitrogens with zero attached hydrogens (tertiary/aromatic N) is 2. The van der Waals surface area contributed by atoms with Crippen LogP contribution in [0.1, 0.15) is 45.1 Å². The molecule has 0 atom stereocenters. The number of fused-ring (bicyclic) bond motifs is 1. The molecular weight excluding hydrogens is 248 g/mol. The van der Waals surface area contributed by atoms with Gasteiger partial charge >= 0.3 is 0 Å². The molecule has 3 nitrogen and oxygen atoms in total. The Morgan fingerprint density at radius 1 is 1.30 bits per heavy atom. The van der Waals surface area contributed by atoms with E-state index in [1.54, 1.807) is 0 Å². The van der Waals surface area contributed by atoms with Crippen LogP contribution >= 0.6 is 0 Å². The largest absolute Gasteiger partial charge is 0.310 e. The van der Waals surface area contributed by atoms with E-state index in [-0.39, 0.29) is 5.91 Å². The van der Waals surface area contributed by atoms with Crippen molar-refractivity contribution >= 4 is 11.6 Å². The third-order valence-corrected chi connectivity index (χ3v) is 4.11. The van der Waals surface area contributed by atoms with Gasteiger partial charge < -0.3 is 4.90 Å². The molecule has 1 aliphatic heterocycles. The SMILES string of the molecule is CCCC(C#N)(CCC)C(=O)N1CCc2ccccc21. The Labute approximate surface area is 121 Å². The van der Waals surface area contributed by atoms with Gasteiger partial charge in [-0.1, -0.05) is 44.9 Å². The lowest BCUT2D eigenvalue weighted by Crippen LogP contribution is -2.42. The molecule has 0 spiro atoms. The Kier molecular flexibility index (Phi) is 4.44. The second-order valence-corrected chi connectivity index (χ2v) is 5.53. The maximum Gasteiger partial charge on any atom is 0.247 e. The smallest absolute Gasteiger partial charge is 0.247 e. The quantitative estimate of drug-likeness (QED) is 0.819. The van der Waals surface area contributed by atoms with E-state index in [1.807, 2.05) is 36.9 Å². The molecule has 106 valence electrons. The van der Waals surface area contributed by atoms with Crippen LogP contribution in [0.15, 0.2) is 24.3 Å². The van der Waals surface area contributed by atoms with Crippen molar-refractivity contribution in [3.05, 3.63) is 29.8 Å². The van der Waals surface area contributed by atoms with Crippen LogP contribution in [-0.2, 0) is 11.2 Å². The fourth-order valence-corrected chi connectivity index (χ4v) is 3.16. The van der Waals surface area contributed by atoms with Gasteiger partial charge in [0, 0.05) is 12.2 Å². The highest BCUT2D eigenvalue weighted by molar-refractivity contribution is 6.00. The molecule has 3 heteroatoms. The van der Waals surface area contributed by atoms with Crippen molar-refractivity contribution < 1.29 is 4.79 Å². The first-order valence-corrected chi connectivity index (χ1v) is 7.49. The van der Waals surface area contributed by atoms with Crippen LogP contribution in [0.2, 0.25) is 0 Å². The molecular formula is C17H22N2O. The molecule has 20 heavy (non-hydrogen) atoms. The van der Waals surface area contributed by atoms with Gasteiger partial charge in [-0.05, 0) is 30.9 Å². The van der Waals surface area contributed by atoms with Gasteiger partial charge in [-0.25, -0.2) is 0 Å². The average molecular weight is 270 g/mol. The van der Waals surface area contributed by atoms with Crippen molar-refractivity contribution in [2.75, 3.05) is 11.4 Å². The topological polar surface area (TPSA) is 44.1 Å². The van der Waals surface area contributed by atoms with E-state index in [2.05, 4.69) is 12.1 Å². The predicted molar refractivity (Wildman–Crippen MR) is 80.4 cm³/mol. The van der Waals surface area contributed by atoms with Crippen LogP contribution in [0.3, 0.4) is 0 Å². The van der Waals surface area contributed by atoms with Crippen LogP contribution in [-0.4, -0.2) is 12.5 Å². The summed E-state index contributed by atoms with van der Waals surface area (Å²) in [6.45, 7) is 4.77. The Hall–Kier alpha value is -1.82. The zero-order chi connectivity index (χ0) is 14.6. The number of carbonyl (C=O) groups is 1. The molecule has 0 radical (unpaired) electrons. The number of rotatable bonds is 5. The summed E-state index contributed by atoms with van der Waals surface area (Å²) in [6, 6.07) is 10.3. The summed E-state index contributed by atoms with van der Waals surface area (Å²) < 4.78 is 0. The molecule has 0 aliphatic carbocycles. The van der Waals surface area contributed by atoms with E-state index < -0.39 is 5.41 Å². The number of hydrogen-bond donors (Lipinski definition) is 0. The Morgan fingerprint density at radius 2 is 1.95 bits per heavy atom. The molecule has 0 bridgehead atoms. The highest BCUT2D eigenvalue weighted by Gasteiger charge is 2.42. The number of nitriles is 1. The fourth-order valence-electron chi connectivity index (χ4n) is 3.16. The first-order valence-electron chi connectivity index (χ1n) is 7.49. The summed E-state index contributed by atoms with van der Waals surface area (Å²) in [4.78, 5) is 14.8. The van der Waals surface area contributed by atoms with Gasteiger partial charge in [0.15, 0.2) is 0 Å². The van der Waals surface area contributed by atoms with Crippen LogP contribution in [0.5, 0.6) is 0 Å². The molecule has 1 amide bonds. The highest BCUT2D eigenvalue weighted by atomic mass is 16.2. The van der Waals surface area contributed by atoms with E-state index in [4.69, 9.17) is 0 Å². The molecule has 1 aromatic rings. The molecule has 0 aromatic heterocycles. The molecule has 0 saturated heterocycles. The second-order valence-electron chi connectivity index (χ2n) is 5.53. The van der Waals surface area contributed by atoms with E-state index >= 15 is 0 Å². The number of para-hydroxylation sites is 1. The number of anilines is 1. The summed E-state index contributed by atoms with van der Waals surface area (Å²) in [5, 5.41) is 9.62. The second kappa shape index (κ2) is 6.09. The van der Waals surface area contributed by atoms with Gasteiger partial charge in [0.2, 0.25) is 5.91 Å². The number of amides is 1. The van der Waals surface area contributed by atoms with Gasteiger partial charge in [-0.15, -0.1) is 0 Å². The van der Waals surface area contributed by atoms with Crippen molar-refractivity contribution in [2.24, 2.45) is 5.41 Å². The van der Waals surface area contributed by atoms with E-state index in [9.17, 15) is 10.1 Å². The summed E-state index contributed by atoms with van der Waals surface area (Å²) >= 11 is 0. The van der Waals surface area contributed by atoms with Gasteiger partial charge in [0.1, 0.15) is 5.41 Å². The highest BCUT2D eigenvalue weighted by Crippen LogP contribution is 2.36. The minimum absolute atomic E-state index is 0.00588. The standard InChI is InChI=1S/C17H22N2O/c1-3-10-17(13-18,11-4-2)16(20)19-12-9-14-7-5-6-8-15(14)19/h5-8H,3-4,9-12H2,1-2H3. The lowest BCUT2D eigenvalue weighted by molar-refractivity contribution is -0.126. The van der Waals surface area contributed by atoms with Crippen molar-refractivity contribution in [1.82, 2.24) is 0 Å². The molecule has 1 heterocycles. The van der Waals surface area contributed by atoms with E-state index in [0.717, 1.165) is 24.9 Å². The summed E-state index contributed by atoms with van der Waals surface area (Å²) in [5.74, 6) is -0.00588. The first kappa shape index (κ1) is 14.6. The van der Waals surface area contributed by atoms with Crippen molar-refractivity contribution in [1.29, 1.82) is 5.26 Å². The van der Waals surface area contributed by atoms with Crippen molar-refractivity contribution in [2.45, 2.75) is 46.0 Å². The minimum Gasteiger partial charge on any atom is -0.310 e. The summed E-state index contributed by atoms with van der Waals surface area (Å²) in [5.41, 5.74) is 1.35. The maximum atomic E-state index is 12.9. The van der Waals surface area contributed by atoms with E-state index in [1.165, 1.54) is 5.56 Å². The normalized spacial score (nSPS) is 13.9. The summed E-state index contributed by atoms with van der Waals surface area (Å²) in [6.07, 6.45) is 3.90. The number of benzene rings is 1. The van der Waals surface area contributed by atoms with Gasteiger partial charge in [0.25, 0.3) is 0 Å². The van der Waals surface area contributed by atoms with Crippen LogP contribution in [0, 0.1) is 16.7 Å². The molecule has 0 saturated carbocycles. The van der Waals surface area contributed by atoms with Gasteiger partial charge in [0.05, 0.1) is 6.07 Å².